The molecule has 2 aromatic rings. The van der Waals surface area contributed by atoms with Crippen molar-refractivity contribution in [3.05, 3.63) is 42.1 Å². The Balaban J connectivity index is 1.57. The Morgan fingerprint density at radius 3 is 2.80 bits per heavy atom. The number of aromatic nitrogens is 2. The molecular weight excluding hydrogens is 250 g/mol. The Bertz CT molecular complexity index is 518. The van der Waals surface area contributed by atoms with Gasteiger partial charge in [-0.2, -0.15) is 5.10 Å². The Labute approximate surface area is 119 Å². The molecule has 1 aromatic heterocycles. The normalized spacial score (nSPS) is 16.4. The van der Waals surface area contributed by atoms with Crippen molar-refractivity contribution >= 4 is 0 Å². The molecule has 1 saturated heterocycles. The number of H-pyrrole nitrogens is 1. The second-order valence-electron chi connectivity index (χ2n) is 5.32. The van der Waals surface area contributed by atoms with Gasteiger partial charge in [0.1, 0.15) is 0 Å². The molecule has 20 heavy (non-hydrogen) atoms. The highest BCUT2D eigenvalue weighted by Crippen LogP contribution is 2.20. The minimum Gasteiger partial charge on any atom is -0.381 e. The molecule has 1 aliphatic rings. The van der Waals surface area contributed by atoms with Gasteiger partial charge in [-0.1, -0.05) is 30.3 Å². The van der Waals surface area contributed by atoms with Gasteiger partial charge in [0.15, 0.2) is 0 Å². The van der Waals surface area contributed by atoms with Gasteiger partial charge in [-0.25, -0.2) is 0 Å². The molecule has 0 radical (unpaired) electrons. The van der Waals surface area contributed by atoms with E-state index in [0.29, 0.717) is 0 Å². The van der Waals surface area contributed by atoms with Crippen molar-refractivity contribution < 1.29 is 4.74 Å². The molecule has 3 rings (SSSR count). The summed E-state index contributed by atoms with van der Waals surface area (Å²) in [6.45, 7) is 3.74. The van der Waals surface area contributed by atoms with Crippen molar-refractivity contribution in [1.82, 2.24) is 15.5 Å². The smallest absolute Gasteiger partial charge is 0.0695 e. The maximum absolute atomic E-state index is 5.39. The first-order valence-corrected chi connectivity index (χ1v) is 7.29. The third-order valence-corrected chi connectivity index (χ3v) is 3.87. The van der Waals surface area contributed by atoms with E-state index in [1.807, 2.05) is 12.3 Å². The SMILES string of the molecule is c1ccc(-c2[nH]ncc2CNCC2CCOCC2)cc1. The van der Waals surface area contributed by atoms with Crippen LogP contribution in [0.15, 0.2) is 36.5 Å². The van der Waals surface area contributed by atoms with E-state index in [4.69, 9.17) is 4.74 Å². The Hall–Kier alpha value is -1.65. The van der Waals surface area contributed by atoms with Crippen molar-refractivity contribution in [3.8, 4) is 11.3 Å². The molecule has 1 fully saturated rings. The van der Waals surface area contributed by atoms with Crippen LogP contribution in [-0.4, -0.2) is 30.0 Å². The van der Waals surface area contributed by atoms with Crippen LogP contribution in [0.25, 0.3) is 11.3 Å². The van der Waals surface area contributed by atoms with Crippen LogP contribution >= 0.6 is 0 Å². The quantitative estimate of drug-likeness (QED) is 0.879. The van der Waals surface area contributed by atoms with Crippen LogP contribution in [-0.2, 0) is 11.3 Å². The van der Waals surface area contributed by atoms with Crippen molar-refractivity contribution in [3.63, 3.8) is 0 Å². The first-order valence-electron chi connectivity index (χ1n) is 7.29. The lowest BCUT2D eigenvalue weighted by Gasteiger charge is -2.22. The molecule has 0 aliphatic carbocycles. The van der Waals surface area contributed by atoms with Gasteiger partial charge in [0.25, 0.3) is 0 Å². The summed E-state index contributed by atoms with van der Waals surface area (Å²) in [5.74, 6) is 0.746. The number of hydrogen-bond donors (Lipinski definition) is 2. The summed E-state index contributed by atoms with van der Waals surface area (Å²) in [5.41, 5.74) is 3.53. The Kier molecular flexibility index (Phi) is 4.46. The average Bonchev–Trinajstić information content (AvgIpc) is 2.98. The molecule has 0 unspecified atom stereocenters. The van der Waals surface area contributed by atoms with E-state index in [0.717, 1.165) is 37.9 Å². The summed E-state index contributed by atoms with van der Waals surface area (Å²) in [6, 6.07) is 10.3. The predicted molar refractivity (Wildman–Crippen MR) is 79.3 cm³/mol. The van der Waals surface area contributed by atoms with Crippen molar-refractivity contribution in [2.24, 2.45) is 5.92 Å². The summed E-state index contributed by atoms with van der Waals surface area (Å²) in [7, 11) is 0. The van der Waals surface area contributed by atoms with Gasteiger partial charge in [-0.15, -0.1) is 0 Å². The van der Waals surface area contributed by atoms with Crippen LogP contribution in [0.1, 0.15) is 18.4 Å². The summed E-state index contributed by atoms with van der Waals surface area (Å²) >= 11 is 0. The number of ether oxygens (including phenoxy) is 1. The van der Waals surface area contributed by atoms with Crippen LogP contribution in [0, 0.1) is 5.92 Å². The van der Waals surface area contributed by atoms with Crippen molar-refractivity contribution in [2.45, 2.75) is 19.4 Å². The third-order valence-electron chi connectivity index (χ3n) is 3.87. The van der Waals surface area contributed by atoms with Crippen molar-refractivity contribution in [1.29, 1.82) is 0 Å². The highest BCUT2D eigenvalue weighted by Gasteiger charge is 2.13. The molecule has 0 bridgehead atoms. The number of hydrogen-bond acceptors (Lipinski definition) is 3. The lowest BCUT2D eigenvalue weighted by atomic mass is 10.0. The molecule has 1 aromatic carbocycles. The fraction of sp³-hybridized carbons (Fsp3) is 0.438. The van der Waals surface area contributed by atoms with E-state index in [1.54, 1.807) is 0 Å². The zero-order valence-corrected chi connectivity index (χ0v) is 11.6. The van der Waals surface area contributed by atoms with E-state index < -0.39 is 0 Å². The number of nitrogens with one attached hydrogen (secondary N) is 2. The maximum atomic E-state index is 5.39. The third kappa shape index (κ3) is 3.26. The van der Waals surface area contributed by atoms with Crippen LogP contribution in [0.5, 0.6) is 0 Å². The molecule has 0 amide bonds. The first-order chi connectivity index (χ1) is 9.93. The van der Waals surface area contributed by atoms with Gasteiger partial charge >= 0.3 is 0 Å². The van der Waals surface area contributed by atoms with E-state index in [9.17, 15) is 0 Å². The molecular formula is C16H21N3O. The lowest BCUT2D eigenvalue weighted by Crippen LogP contribution is -2.27. The van der Waals surface area contributed by atoms with Gasteiger partial charge < -0.3 is 10.1 Å². The number of aromatic amines is 1. The predicted octanol–water partition coefficient (Wildman–Crippen LogP) is 2.59. The largest absolute Gasteiger partial charge is 0.381 e. The Morgan fingerprint density at radius 1 is 1.20 bits per heavy atom. The molecule has 0 saturated carbocycles. The van der Waals surface area contributed by atoms with E-state index in [2.05, 4.69) is 39.8 Å². The monoisotopic (exact) mass is 271 g/mol. The summed E-state index contributed by atoms with van der Waals surface area (Å²) in [6.07, 6.45) is 4.26. The van der Waals surface area contributed by atoms with Gasteiger partial charge in [0.2, 0.25) is 0 Å². The fourth-order valence-electron chi connectivity index (χ4n) is 2.66. The minimum atomic E-state index is 0.746. The molecule has 2 N–H and O–H groups in total. The van der Waals surface area contributed by atoms with Gasteiger partial charge in [0.05, 0.1) is 11.9 Å². The summed E-state index contributed by atoms with van der Waals surface area (Å²) in [5, 5.41) is 10.8. The molecule has 106 valence electrons. The van der Waals surface area contributed by atoms with E-state index in [1.165, 1.54) is 24.0 Å². The summed E-state index contributed by atoms with van der Waals surface area (Å²) < 4.78 is 5.39. The number of benzene rings is 1. The van der Waals surface area contributed by atoms with E-state index in [-0.39, 0.29) is 0 Å². The van der Waals surface area contributed by atoms with Crippen LogP contribution < -0.4 is 5.32 Å². The molecule has 0 atom stereocenters. The standard InChI is InChI=1S/C16H21N3O/c1-2-4-14(5-3-1)16-15(12-18-19-16)11-17-10-13-6-8-20-9-7-13/h1-5,12-13,17H,6-11H2,(H,18,19). The van der Waals surface area contributed by atoms with Crippen LogP contribution in [0.2, 0.25) is 0 Å². The molecule has 4 nitrogen and oxygen atoms in total. The second-order valence-corrected chi connectivity index (χ2v) is 5.32. The fourth-order valence-corrected chi connectivity index (χ4v) is 2.66. The number of rotatable bonds is 5. The minimum absolute atomic E-state index is 0.746. The number of nitrogens with zero attached hydrogens (tertiary/aromatic N) is 1. The zero-order valence-electron chi connectivity index (χ0n) is 11.6. The van der Waals surface area contributed by atoms with Crippen molar-refractivity contribution in [2.75, 3.05) is 19.8 Å². The van der Waals surface area contributed by atoms with Gasteiger partial charge in [-0.05, 0) is 30.9 Å². The molecule has 1 aliphatic heterocycles. The first kappa shape index (κ1) is 13.3. The molecule has 2 heterocycles. The molecule has 4 heteroatoms. The average molecular weight is 271 g/mol. The molecule has 0 spiro atoms. The van der Waals surface area contributed by atoms with E-state index >= 15 is 0 Å². The maximum Gasteiger partial charge on any atom is 0.0695 e. The van der Waals surface area contributed by atoms with Crippen LogP contribution in [0.4, 0.5) is 0 Å². The van der Waals surface area contributed by atoms with Gasteiger partial charge in [0, 0.05) is 25.3 Å². The summed E-state index contributed by atoms with van der Waals surface area (Å²) in [4.78, 5) is 0. The Morgan fingerprint density at radius 2 is 2.00 bits per heavy atom. The zero-order chi connectivity index (χ0) is 13.6. The highest BCUT2D eigenvalue weighted by molar-refractivity contribution is 5.62. The van der Waals surface area contributed by atoms with Gasteiger partial charge in [-0.3, -0.25) is 5.10 Å². The van der Waals surface area contributed by atoms with Crippen LogP contribution in [0.3, 0.4) is 0 Å². The highest BCUT2D eigenvalue weighted by atomic mass is 16.5. The second kappa shape index (κ2) is 6.68. The lowest BCUT2D eigenvalue weighted by molar-refractivity contribution is 0.0662. The topological polar surface area (TPSA) is 49.9 Å².